The van der Waals surface area contributed by atoms with E-state index < -0.39 is 23.7 Å². The van der Waals surface area contributed by atoms with Crippen LogP contribution < -0.4 is 0 Å². The molecule has 0 aromatic rings. The van der Waals surface area contributed by atoms with Gasteiger partial charge in [0.15, 0.2) is 6.17 Å². The molecule has 0 amide bonds. The molecular formula is C15H26F5N3. The van der Waals surface area contributed by atoms with E-state index in [4.69, 9.17) is 0 Å². The van der Waals surface area contributed by atoms with Crippen LogP contribution >= 0.6 is 0 Å². The maximum absolute atomic E-state index is 14.0. The molecule has 1 unspecified atom stereocenters. The van der Waals surface area contributed by atoms with Gasteiger partial charge in [-0.3, -0.25) is 5.01 Å². The zero-order valence-electron chi connectivity index (χ0n) is 14.1. The maximum atomic E-state index is 14.0. The lowest BCUT2D eigenvalue weighted by molar-refractivity contribution is -0.314. The highest BCUT2D eigenvalue weighted by molar-refractivity contribution is 5.57. The van der Waals surface area contributed by atoms with Gasteiger partial charge in [-0.2, -0.15) is 27.1 Å². The summed E-state index contributed by atoms with van der Waals surface area (Å²) in [5, 5.41) is 4.70. The molecule has 1 heterocycles. The molecule has 23 heavy (non-hydrogen) atoms. The molecule has 0 aromatic carbocycles. The number of nitrogens with zero attached hydrogens (tertiary/aromatic N) is 3. The van der Waals surface area contributed by atoms with Gasteiger partial charge in [-0.15, -0.1) is 0 Å². The number of hydrogen-bond donors (Lipinski definition) is 0. The first-order valence-electron chi connectivity index (χ1n) is 7.91. The fourth-order valence-electron chi connectivity index (χ4n) is 2.53. The van der Waals surface area contributed by atoms with Crippen LogP contribution in [0.4, 0.5) is 22.0 Å². The lowest BCUT2D eigenvalue weighted by Crippen LogP contribution is -2.60. The lowest BCUT2D eigenvalue weighted by Gasteiger charge is -2.39. The molecular weight excluding hydrogens is 317 g/mol. The Morgan fingerprint density at radius 1 is 1.00 bits per heavy atom. The molecule has 0 aromatic heterocycles. The Labute approximate surface area is 134 Å². The van der Waals surface area contributed by atoms with Crippen molar-refractivity contribution in [2.75, 3.05) is 13.1 Å². The molecule has 3 nitrogen and oxygen atoms in total. The highest BCUT2D eigenvalue weighted by atomic mass is 19.4. The normalized spacial score (nSPS) is 19.8. The van der Waals surface area contributed by atoms with Gasteiger partial charge >= 0.3 is 12.1 Å². The zero-order valence-corrected chi connectivity index (χ0v) is 14.1. The molecule has 8 heteroatoms. The van der Waals surface area contributed by atoms with Crippen LogP contribution in [0.15, 0.2) is 5.10 Å². The monoisotopic (exact) mass is 343 g/mol. The Bertz CT molecular complexity index is 401. The van der Waals surface area contributed by atoms with Gasteiger partial charge in [-0.1, -0.05) is 47.0 Å². The highest BCUT2D eigenvalue weighted by Crippen LogP contribution is 2.43. The maximum Gasteiger partial charge on any atom is 0.457 e. The largest absolute Gasteiger partial charge is 0.457 e. The fraction of sp³-hybridized carbons (Fsp3) is 0.933. The smallest absolute Gasteiger partial charge is 0.334 e. The molecule has 1 aliphatic heterocycles. The average molecular weight is 343 g/mol. The minimum absolute atomic E-state index is 0.0678. The molecule has 0 N–H and O–H groups in total. The summed E-state index contributed by atoms with van der Waals surface area (Å²) >= 11 is 0. The van der Waals surface area contributed by atoms with Gasteiger partial charge in [0, 0.05) is 13.1 Å². The summed E-state index contributed by atoms with van der Waals surface area (Å²) in [6.07, 6.45) is -3.40. The van der Waals surface area contributed by atoms with Crippen molar-refractivity contribution in [2.24, 2.45) is 10.5 Å². The molecule has 1 atom stereocenters. The second-order valence-electron chi connectivity index (χ2n) is 7.18. The van der Waals surface area contributed by atoms with Gasteiger partial charge < -0.3 is 4.90 Å². The minimum Gasteiger partial charge on any atom is -0.334 e. The lowest BCUT2D eigenvalue weighted by atomic mass is 9.95. The molecule has 1 aliphatic rings. The van der Waals surface area contributed by atoms with Crippen molar-refractivity contribution in [3.8, 4) is 0 Å². The number of rotatable bonds is 7. The summed E-state index contributed by atoms with van der Waals surface area (Å²) in [7, 11) is 0. The molecule has 136 valence electrons. The summed E-state index contributed by atoms with van der Waals surface area (Å²) in [5.74, 6) is -4.85. The van der Waals surface area contributed by atoms with Crippen LogP contribution in [-0.4, -0.2) is 47.6 Å². The van der Waals surface area contributed by atoms with Gasteiger partial charge in [0.1, 0.15) is 6.34 Å². The first kappa shape index (κ1) is 20.0. The third kappa shape index (κ3) is 5.21. The van der Waals surface area contributed by atoms with Crippen LogP contribution in [0.2, 0.25) is 0 Å². The van der Waals surface area contributed by atoms with Gasteiger partial charge in [-0.05, 0) is 11.8 Å². The van der Waals surface area contributed by atoms with E-state index in [1.54, 1.807) is 20.8 Å². The zero-order chi connectivity index (χ0) is 17.9. The molecule has 0 saturated heterocycles. The fourth-order valence-corrected chi connectivity index (χ4v) is 2.53. The Balaban J connectivity index is 2.91. The van der Waals surface area contributed by atoms with Crippen molar-refractivity contribution in [3.05, 3.63) is 0 Å². The second kappa shape index (κ2) is 7.21. The van der Waals surface area contributed by atoms with E-state index in [9.17, 15) is 22.0 Å². The number of alkyl halides is 5. The van der Waals surface area contributed by atoms with Crippen molar-refractivity contribution in [2.45, 2.75) is 71.6 Å². The average Bonchev–Trinajstić information content (AvgIpc) is 2.74. The predicted molar refractivity (Wildman–Crippen MR) is 80.3 cm³/mol. The molecule has 0 bridgehead atoms. The van der Waals surface area contributed by atoms with E-state index in [1.165, 1.54) is 0 Å². The Kier molecular flexibility index (Phi) is 6.26. The third-order valence-electron chi connectivity index (χ3n) is 3.54. The van der Waals surface area contributed by atoms with E-state index in [2.05, 4.69) is 5.10 Å². The standard InChI is InChI=1S/C15H26F5N3/c1-5-6-7-8-9-23-12(14(16,17)15(18,19)20)22(11-21-23)10-13(2,3)4/h11-12H,5-10H2,1-4H3. The van der Waals surface area contributed by atoms with E-state index in [1.807, 2.05) is 6.92 Å². The quantitative estimate of drug-likeness (QED) is 0.493. The summed E-state index contributed by atoms with van der Waals surface area (Å²) < 4.78 is 66.5. The number of hydrogen-bond acceptors (Lipinski definition) is 3. The van der Waals surface area contributed by atoms with Crippen LogP contribution in [0, 0.1) is 5.41 Å². The predicted octanol–water partition coefficient (Wildman–Crippen LogP) is 4.70. The Morgan fingerprint density at radius 2 is 1.61 bits per heavy atom. The van der Waals surface area contributed by atoms with Crippen molar-refractivity contribution >= 4 is 6.34 Å². The number of hydrazone groups is 1. The minimum atomic E-state index is -5.61. The van der Waals surface area contributed by atoms with Gasteiger partial charge in [0.05, 0.1) is 0 Å². The summed E-state index contributed by atoms with van der Waals surface area (Å²) in [6, 6.07) is 0. The van der Waals surface area contributed by atoms with E-state index in [-0.39, 0.29) is 13.1 Å². The molecule has 1 rings (SSSR count). The van der Waals surface area contributed by atoms with Crippen LogP contribution in [0.3, 0.4) is 0 Å². The number of halogens is 5. The molecule has 0 aliphatic carbocycles. The molecule has 0 radical (unpaired) electrons. The van der Waals surface area contributed by atoms with Crippen LogP contribution in [0.5, 0.6) is 0 Å². The summed E-state index contributed by atoms with van der Waals surface area (Å²) in [4.78, 5) is 1.01. The van der Waals surface area contributed by atoms with Crippen LogP contribution in [0.1, 0.15) is 53.4 Å². The first-order valence-corrected chi connectivity index (χ1v) is 7.91. The summed E-state index contributed by atoms with van der Waals surface area (Å²) in [6.45, 7) is 7.51. The Hall–Kier alpha value is -1.08. The summed E-state index contributed by atoms with van der Waals surface area (Å²) in [5.41, 5.74) is -0.426. The van der Waals surface area contributed by atoms with Crippen LogP contribution in [-0.2, 0) is 0 Å². The van der Waals surface area contributed by atoms with E-state index in [0.29, 0.717) is 6.42 Å². The van der Waals surface area contributed by atoms with E-state index >= 15 is 0 Å². The van der Waals surface area contributed by atoms with Gasteiger partial charge in [0.2, 0.25) is 0 Å². The Morgan fingerprint density at radius 3 is 2.09 bits per heavy atom. The molecule has 0 spiro atoms. The van der Waals surface area contributed by atoms with Crippen molar-refractivity contribution in [1.82, 2.24) is 9.91 Å². The van der Waals surface area contributed by atoms with Gasteiger partial charge in [-0.25, -0.2) is 0 Å². The van der Waals surface area contributed by atoms with Crippen molar-refractivity contribution in [1.29, 1.82) is 0 Å². The molecule has 0 saturated carbocycles. The van der Waals surface area contributed by atoms with Crippen molar-refractivity contribution < 1.29 is 22.0 Å². The van der Waals surface area contributed by atoms with Crippen LogP contribution in [0.25, 0.3) is 0 Å². The third-order valence-corrected chi connectivity index (χ3v) is 3.54. The first-order chi connectivity index (χ1) is 10.4. The topological polar surface area (TPSA) is 18.8 Å². The number of unbranched alkanes of at least 4 members (excludes halogenated alkanes) is 3. The van der Waals surface area contributed by atoms with E-state index in [0.717, 1.165) is 35.5 Å². The molecule has 0 fully saturated rings. The van der Waals surface area contributed by atoms with Gasteiger partial charge in [0.25, 0.3) is 0 Å². The highest BCUT2D eigenvalue weighted by Gasteiger charge is 2.66. The van der Waals surface area contributed by atoms with Crippen molar-refractivity contribution in [3.63, 3.8) is 0 Å². The SMILES string of the molecule is CCCCCCN1N=CN(CC(C)(C)C)C1C(F)(F)C(F)(F)F. The second-order valence-corrected chi connectivity index (χ2v) is 7.18.